The summed E-state index contributed by atoms with van der Waals surface area (Å²) in [5.74, 6) is -2.16. The molecule has 2 rings (SSSR count). The van der Waals surface area contributed by atoms with Crippen molar-refractivity contribution in [2.45, 2.75) is 45.6 Å². The number of rotatable bonds is 9. The van der Waals surface area contributed by atoms with E-state index in [1.165, 1.54) is 25.1 Å². The van der Waals surface area contributed by atoms with Crippen molar-refractivity contribution in [1.82, 2.24) is 10.2 Å². The Bertz CT molecular complexity index is 1220. The van der Waals surface area contributed by atoms with Gasteiger partial charge in [0.2, 0.25) is 21.8 Å². The summed E-state index contributed by atoms with van der Waals surface area (Å²) in [6.45, 7) is 3.44. The van der Waals surface area contributed by atoms with Gasteiger partial charge in [-0.3, -0.25) is 13.9 Å². The van der Waals surface area contributed by atoms with Gasteiger partial charge in [-0.05, 0) is 45.0 Å². The van der Waals surface area contributed by atoms with E-state index in [4.69, 9.17) is 11.6 Å². The van der Waals surface area contributed by atoms with Crippen LogP contribution in [0.3, 0.4) is 0 Å². The molecule has 198 valence electrons. The van der Waals surface area contributed by atoms with Crippen LogP contribution in [0.4, 0.5) is 23.2 Å². The summed E-state index contributed by atoms with van der Waals surface area (Å²) in [5.41, 5.74) is -1.67. The number of carbonyl (C=O) groups excluding carboxylic acids is 2. The average Bonchev–Trinajstić information content (AvgIpc) is 2.74. The lowest BCUT2D eigenvalue weighted by Crippen LogP contribution is -2.52. The fourth-order valence-electron chi connectivity index (χ4n) is 3.30. The third-order valence-electron chi connectivity index (χ3n) is 5.12. The van der Waals surface area contributed by atoms with Gasteiger partial charge in [0.1, 0.15) is 18.4 Å². The minimum absolute atomic E-state index is 0.0619. The Morgan fingerprint density at radius 3 is 2.22 bits per heavy atom. The summed E-state index contributed by atoms with van der Waals surface area (Å²) in [4.78, 5) is 27.0. The third-order valence-corrected chi connectivity index (χ3v) is 6.59. The number of alkyl halides is 3. The van der Waals surface area contributed by atoms with Crippen molar-refractivity contribution in [3.05, 3.63) is 64.4 Å². The summed E-state index contributed by atoms with van der Waals surface area (Å²) >= 11 is 5.64. The molecule has 0 aliphatic carbocycles. The van der Waals surface area contributed by atoms with Crippen molar-refractivity contribution in [1.29, 1.82) is 0 Å². The van der Waals surface area contributed by atoms with Crippen molar-refractivity contribution in [3.8, 4) is 0 Å². The second-order valence-electron chi connectivity index (χ2n) is 8.38. The fourth-order valence-corrected chi connectivity index (χ4v) is 4.36. The van der Waals surface area contributed by atoms with Crippen molar-refractivity contribution in [2.24, 2.45) is 0 Å². The van der Waals surface area contributed by atoms with Gasteiger partial charge in [0.15, 0.2) is 0 Å². The zero-order chi connectivity index (χ0) is 27.4. The molecule has 0 unspecified atom stereocenters. The summed E-state index contributed by atoms with van der Waals surface area (Å²) in [6, 6.07) is 6.49. The molecule has 13 heteroatoms. The number of sulfonamides is 1. The smallest absolute Gasteiger partial charge is 0.352 e. The Morgan fingerprint density at radius 1 is 1.08 bits per heavy atom. The summed E-state index contributed by atoms with van der Waals surface area (Å²) in [7, 11) is -4.27. The van der Waals surface area contributed by atoms with Crippen LogP contribution in [0.25, 0.3) is 0 Å². The zero-order valence-electron chi connectivity index (χ0n) is 19.9. The Labute approximate surface area is 212 Å². The van der Waals surface area contributed by atoms with E-state index >= 15 is 0 Å². The maximum absolute atomic E-state index is 14.3. The summed E-state index contributed by atoms with van der Waals surface area (Å²) in [5, 5.41) is 1.98. The molecule has 7 nitrogen and oxygen atoms in total. The van der Waals surface area contributed by atoms with Gasteiger partial charge in [-0.1, -0.05) is 29.8 Å². The molecule has 0 saturated heterocycles. The number of nitrogens with one attached hydrogen (secondary N) is 1. The van der Waals surface area contributed by atoms with Crippen LogP contribution in [0.5, 0.6) is 0 Å². The number of nitrogens with zero attached hydrogens (tertiary/aromatic N) is 2. The highest BCUT2D eigenvalue weighted by Gasteiger charge is 2.35. The van der Waals surface area contributed by atoms with Crippen LogP contribution in [0.15, 0.2) is 42.5 Å². The monoisotopic (exact) mass is 551 g/mol. The van der Waals surface area contributed by atoms with Gasteiger partial charge in [-0.2, -0.15) is 13.2 Å². The second-order valence-corrected chi connectivity index (χ2v) is 10.7. The minimum atomic E-state index is -4.87. The number of hydrogen-bond donors (Lipinski definition) is 1. The molecule has 0 fully saturated rings. The van der Waals surface area contributed by atoms with Crippen LogP contribution in [0.1, 0.15) is 31.9 Å². The van der Waals surface area contributed by atoms with Crippen LogP contribution in [-0.2, 0) is 32.3 Å². The van der Waals surface area contributed by atoms with Crippen molar-refractivity contribution in [3.63, 3.8) is 0 Å². The van der Waals surface area contributed by atoms with Crippen LogP contribution in [0.2, 0.25) is 5.02 Å². The van der Waals surface area contributed by atoms with E-state index in [1.807, 2.05) is 0 Å². The molecule has 0 radical (unpaired) electrons. The Kier molecular flexibility index (Phi) is 9.35. The van der Waals surface area contributed by atoms with E-state index in [0.717, 1.165) is 29.4 Å². The van der Waals surface area contributed by atoms with E-state index in [1.54, 1.807) is 13.8 Å². The third kappa shape index (κ3) is 7.57. The molecule has 1 atom stereocenters. The number of anilines is 1. The van der Waals surface area contributed by atoms with Gasteiger partial charge in [0, 0.05) is 18.2 Å². The van der Waals surface area contributed by atoms with Gasteiger partial charge in [0.05, 0.1) is 22.5 Å². The Hall–Kier alpha value is -2.86. The SMILES string of the molecule is CC(C)NC(=O)[C@H](C)N(Cc1ccccc1F)C(=O)CN(c1ccc(Cl)c(C(F)(F)F)c1)S(C)(=O)=O. The highest BCUT2D eigenvalue weighted by atomic mass is 35.5. The topological polar surface area (TPSA) is 86.8 Å². The number of carbonyl (C=O) groups is 2. The molecule has 0 bridgehead atoms. The lowest BCUT2D eigenvalue weighted by atomic mass is 10.1. The lowest BCUT2D eigenvalue weighted by Gasteiger charge is -2.32. The van der Waals surface area contributed by atoms with Gasteiger partial charge >= 0.3 is 6.18 Å². The molecule has 0 aliphatic heterocycles. The molecule has 0 spiro atoms. The average molecular weight is 552 g/mol. The fraction of sp³-hybridized carbons (Fsp3) is 0.391. The molecule has 0 aliphatic rings. The molecule has 0 aromatic heterocycles. The molecule has 36 heavy (non-hydrogen) atoms. The predicted molar refractivity (Wildman–Crippen MR) is 128 cm³/mol. The number of hydrogen-bond acceptors (Lipinski definition) is 4. The zero-order valence-corrected chi connectivity index (χ0v) is 21.5. The molecule has 0 saturated carbocycles. The van der Waals surface area contributed by atoms with Gasteiger partial charge in [-0.25, -0.2) is 12.8 Å². The normalized spacial score (nSPS) is 12.8. The van der Waals surface area contributed by atoms with Crippen molar-refractivity contribution < 1.29 is 35.6 Å². The van der Waals surface area contributed by atoms with Crippen molar-refractivity contribution >= 4 is 39.1 Å². The highest BCUT2D eigenvalue weighted by molar-refractivity contribution is 7.92. The van der Waals surface area contributed by atoms with E-state index in [0.29, 0.717) is 10.4 Å². The predicted octanol–water partition coefficient (Wildman–Crippen LogP) is 4.21. The first-order valence-corrected chi connectivity index (χ1v) is 12.9. The number of halogens is 5. The molecular formula is C23H26ClF4N3O4S. The minimum Gasteiger partial charge on any atom is -0.352 e. The van der Waals surface area contributed by atoms with Crippen LogP contribution in [-0.4, -0.2) is 50.0 Å². The Morgan fingerprint density at radius 2 is 1.69 bits per heavy atom. The second kappa shape index (κ2) is 11.5. The van der Waals surface area contributed by atoms with Crippen LogP contribution in [0, 0.1) is 5.82 Å². The first-order valence-electron chi connectivity index (χ1n) is 10.7. The first kappa shape index (κ1) is 29.4. The molecule has 1 N–H and O–H groups in total. The molecular weight excluding hydrogens is 526 g/mol. The highest BCUT2D eigenvalue weighted by Crippen LogP contribution is 2.37. The standard InChI is InChI=1S/C23H26ClF4N3O4S/c1-14(2)29-22(33)15(3)30(12-16-7-5-6-8-20(16)25)21(32)13-31(36(4,34)35)17-9-10-19(24)18(11-17)23(26,27)28/h5-11,14-15H,12-13H2,1-4H3,(H,29,33)/t15-/m0/s1. The quantitative estimate of drug-likeness (QED) is 0.473. The van der Waals surface area contributed by atoms with E-state index in [2.05, 4.69) is 5.32 Å². The van der Waals surface area contributed by atoms with Crippen molar-refractivity contribution in [2.75, 3.05) is 17.1 Å². The van der Waals surface area contributed by atoms with Gasteiger partial charge in [-0.15, -0.1) is 0 Å². The largest absolute Gasteiger partial charge is 0.417 e. The molecule has 2 amide bonds. The maximum atomic E-state index is 14.3. The Balaban J connectivity index is 2.50. The number of amides is 2. The van der Waals surface area contributed by atoms with E-state index < -0.39 is 62.7 Å². The number of benzene rings is 2. The first-order chi connectivity index (χ1) is 16.5. The van der Waals surface area contributed by atoms with Gasteiger partial charge < -0.3 is 10.2 Å². The summed E-state index contributed by atoms with van der Waals surface area (Å²) < 4.78 is 79.9. The van der Waals surface area contributed by atoms with E-state index in [-0.39, 0.29) is 18.2 Å². The van der Waals surface area contributed by atoms with Crippen LogP contribution < -0.4 is 9.62 Å². The summed E-state index contributed by atoms with van der Waals surface area (Å²) in [6.07, 6.45) is -4.15. The van der Waals surface area contributed by atoms with Gasteiger partial charge in [0.25, 0.3) is 0 Å². The van der Waals surface area contributed by atoms with E-state index in [9.17, 15) is 35.6 Å². The lowest BCUT2D eigenvalue weighted by molar-refractivity contribution is -0.139. The molecule has 2 aromatic rings. The maximum Gasteiger partial charge on any atom is 0.417 e. The molecule has 2 aromatic carbocycles. The molecule has 0 heterocycles. The van der Waals surface area contributed by atoms with Crippen LogP contribution >= 0.6 is 11.6 Å².